The molecule has 2 aromatic rings. The number of benzene rings is 1. The minimum atomic E-state index is -0.987. The van der Waals surface area contributed by atoms with Crippen LogP contribution in [-0.4, -0.2) is 26.8 Å². The average Bonchev–Trinajstić information content (AvgIpc) is 2.98. The number of hydrogen-bond donors (Lipinski definition) is 2. The van der Waals surface area contributed by atoms with Gasteiger partial charge in [0.15, 0.2) is 0 Å². The lowest BCUT2D eigenvalue weighted by atomic mass is 10.2. The van der Waals surface area contributed by atoms with E-state index in [1.807, 2.05) is 30.5 Å². The summed E-state index contributed by atoms with van der Waals surface area (Å²) >= 11 is 0.869. The van der Waals surface area contributed by atoms with E-state index in [2.05, 4.69) is 5.32 Å². The van der Waals surface area contributed by atoms with Gasteiger partial charge in [-0.1, -0.05) is 6.07 Å². The number of thioether (sulfide) groups is 1. The number of imide groups is 1. The van der Waals surface area contributed by atoms with E-state index in [0.717, 1.165) is 34.4 Å². The molecule has 2 amide bonds. The number of nitrogens with one attached hydrogen (secondary N) is 1. The van der Waals surface area contributed by atoms with Crippen LogP contribution >= 0.6 is 11.8 Å². The van der Waals surface area contributed by atoms with E-state index >= 15 is 0 Å². The van der Waals surface area contributed by atoms with Crippen LogP contribution in [0.2, 0.25) is 0 Å². The molecule has 1 aromatic carbocycles. The number of carbonyl (C=O) groups excluding carboxylic acids is 2. The molecule has 0 bridgehead atoms. The summed E-state index contributed by atoms with van der Waals surface area (Å²) in [5, 5.41) is 11.0. The van der Waals surface area contributed by atoms with E-state index in [1.165, 1.54) is 6.07 Å². The van der Waals surface area contributed by atoms with Crippen LogP contribution < -0.4 is 5.32 Å². The van der Waals surface area contributed by atoms with Crippen LogP contribution in [0.25, 0.3) is 11.8 Å². The van der Waals surface area contributed by atoms with E-state index in [0.29, 0.717) is 4.91 Å². The third-order valence-electron chi connectivity index (χ3n) is 3.75. The number of amides is 2. The highest BCUT2D eigenvalue weighted by Gasteiger charge is 2.25. The maximum atomic E-state index is 11.7. The molecule has 7 heteroatoms. The summed E-state index contributed by atoms with van der Waals surface area (Å²) < 4.78 is 1.91. The average molecular weight is 342 g/mol. The third-order valence-corrected chi connectivity index (χ3v) is 4.56. The van der Waals surface area contributed by atoms with Gasteiger partial charge in [0.25, 0.3) is 11.1 Å². The van der Waals surface area contributed by atoms with Crippen molar-refractivity contribution >= 4 is 35.0 Å². The van der Waals surface area contributed by atoms with Crippen molar-refractivity contribution in [3.63, 3.8) is 0 Å². The molecule has 6 nitrogen and oxygen atoms in total. The smallest absolute Gasteiger partial charge is 0.335 e. The molecule has 1 saturated heterocycles. The minimum absolute atomic E-state index is 0.205. The van der Waals surface area contributed by atoms with Gasteiger partial charge >= 0.3 is 5.97 Å². The molecule has 1 aliphatic heterocycles. The lowest BCUT2D eigenvalue weighted by Gasteiger charge is -2.10. The van der Waals surface area contributed by atoms with Crippen molar-refractivity contribution in [3.8, 4) is 5.69 Å². The van der Waals surface area contributed by atoms with Gasteiger partial charge in [0.2, 0.25) is 0 Å². The lowest BCUT2D eigenvalue weighted by Crippen LogP contribution is -2.17. The van der Waals surface area contributed by atoms with Gasteiger partial charge in [0, 0.05) is 17.1 Å². The predicted octanol–water partition coefficient (Wildman–Crippen LogP) is 3.12. The summed E-state index contributed by atoms with van der Waals surface area (Å²) in [7, 11) is 0. The van der Waals surface area contributed by atoms with E-state index < -0.39 is 11.9 Å². The van der Waals surface area contributed by atoms with E-state index in [4.69, 9.17) is 5.11 Å². The van der Waals surface area contributed by atoms with Crippen molar-refractivity contribution in [2.24, 2.45) is 0 Å². The van der Waals surface area contributed by atoms with Crippen LogP contribution in [-0.2, 0) is 4.79 Å². The molecular formula is C17H14N2O4S. The molecule has 2 heterocycles. The first-order valence-electron chi connectivity index (χ1n) is 7.14. The molecule has 0 aliphatic carbocycles. The summed E-state index contributed by atoms with van der Waals surface area (Å²) in [6.45, 7) is 3.78. The van der Waals surface area contributed by atoms with Crippen LogP contribution in [0, 0.1) is 13.8 Å². The Morgan fingerprint density at radius 1 is 1.25 bits per heavy atom. The van der Waals surface area contributed by atoms with Crippen LogP contribution in [0.15, 0.2) is 35.2 Å². The zero-order chi connectivity index (χ0) is 17.4. The van der Waals surface area contributed by atoms with E-state index in [1.54, 1.807) is 18.2 Å². The highest BCUT2D eigenvalue weighted by Crippen LogP contribution is 2.29. The quantitative estimate of drug-likeness (QED) is 0.837. The number of aromatic nitrogens is 1. The fourth-order valence-electron chi connectivity index (χ4n) is 2.67. The maximum Gasteiger partial charge on any atom is 0.335 e. The second-order valence-electron chi connectivity index (χ2n) is 5.37. The number of carbonyl (C=O) groups is 3. The molecule has 0 radical (unpaired) electrons. The third kappa shape index (κ3) is 2.85. The molecule has 1 fully saturated rings. The van der Waals surface area contributed by atoms with Gasteiger partial charge in [-0.25, -0.2) is 4.79 Å². The molecule has 2 N–H and O–H groups in total. The number of nitrogens with zero attached hydrogens (tertiary/aromatic N) is 1. The maximum absolute atomic E-state index is 11.7. The van der Waals surface area contributed by atoms with Gasteiger partial charge in [-0.3, -0.25) is 14.9 Å². The Kier molecular flexibility index (Phi) is 4.02. The highest BCUT2D eigenvalue weighted by molar-refractivity contribution is 8.18. The van der Waals surface area contributed by atoms with Gasteiger partial charge in [-0.05, 0) is 61.5 Å². The molecule has 122 valence electrons. The van der Waals surface area contributed by atoms with Gasteiger partial charge < -0.3 is 9.67 Å². The normalized spacial score (nSPS) is 15.8. The van der Waals surface area contributed by atoms with Gasteiger partial charge in [0.05, 0.1) is 10.5 Å². The molecule has 3 rings (SSSR count). The van der Waals surface area contributed by atoms with Crippen molar-refractivity contribution in [1.29, 1.82) is 0 Å². The number of carboxylic acid groups (broad SMARTS) is 1. The van der Waals surface area contributed by atoms with Crippen LogP contribution in [0.1, 0.15) is 27.3 Å². The molecule has 0 atom stereocenters. The zero-order valence-corrected chi connectivity index (χ0v) is 13.8. The molecule has 1 aromatic heterocycles. The van der Waals surface area contributed by atoms with E-state index in [9.17, 15) is 14.4 Å². The monoisotopic (exact) mass is 342 g/mol. The fourth-order valence-corrected chi connectivity index (χ4v) is 3.34. The van der Waals surface area contributed by atoms with Crippen molar-refractivity contribution in [3.05, 3.63) is 57.8 Å². The molecular weight excluding hydrogens is 328 g/mol. The standard InChI is InChI=1S/C17H14N2O4S/c1-9-6-12(8-14-15(20)18-17(23)24-14)10(2)19(9)13-5-3-4-11(7-13)16(21)22/h3-8H,1-2H3,(H,21,22)(H,18,20,23). The summed E-state index contributed by atoms with van der Waals surface area (Å²) in [6, 6.07) is 8.54. The Hall–Kier alpha value is -2.80. The zero-order valence-electron chi connectivity index (χ0n) is 13.0. The first-order valence-corrected chi connectivity index (χ1v) is 7.96. The van der Waals surface area contributed by atoms with Crippen molar-refractivity contribution in [2.45, 2.75) is 13.8 Å². The first-order chi connectivity index (χ1) is 11.4. The Labute approximate surface area is 142 Å². The summed E-state index contributed by atoms with van der Waals surface area (Å²) in [4.78, 5) is 34.5. The number of aromatic carboxylic acids is 1. The minimum Gasteiger partial charge on any atom is -0.478 e. The Bertz CT molecular complexity index is 911. The summed E-state index contributed by atoms with van der Waals surface area (Å²) in [5.41, 5.74) is 3.50. The molecule has 0 spiro atoms. The highest BCUT2D eigenvalue weighted by atomic mass is 32.2. The van der Waals surface area contributed by atoms with E-state index in [-0.39, 0.29) is 10.8 Å². The van der Waals surface area contributed by atoms with Crippen molar-refractivity contribution in [1.82, 2.24) is 9.88 Å². The Morgan fingerprint density at radius 2 is 2.00 bits per heavy atom. The lowest BCUT2D eigenvalue weighted by molar-refractivity contribution is -0.115. The second-order valence-corrected chi connectivity index (χ2v) is 6.38. The number of carboxylic acids is 1. The molecule has 0 unspecified atom stereocenters. The Balaban J connectivity index is 2.06. The Morgan fingerprint density at radius 3 is 2.62 bits per heavy atom. The van der Waals surface area contributed by atoms with Crippen LogP contribution in [0.3, 0.4) is 0 Å². The predicted molar refractivity (Wildman–Crippen MR) is 91.3 cm³/mol. The second kappa shape index (κ2) is 6.01. The molecule has 0 saturated carbocycles. The van der Waals surface area contributed by atoms with Gasteiger partial charge in [-0.15, -0.1) is 0 Å². The number of rotatable bonds is 3. The SMILES string of the molecule is Cc1cc(C=C2SC(=O)NC2=O)c(C)n1-c1cccc(C(=O)O)c1. The largest absolute Gasteiger partial charge is 0.478 e. The first kappa shape index (κ1) is 16.1. The molecule has 24 heavy (non-hydrogen) atoms. The fraction of sp³-hybridized carbons (Fsp3) is 0.118. The van der Waals surface area contributed by atoms with Crippen molar-refractivity contribution in [2.75, 3.05) is 0 Å². The summed E-state index contributed by atoms with van der Waals surface area (Å²) in [5.74, 6) is -1.39. The summed E-state index contributed by atoms with van der Waals surface area (Å²) in [6.07, 6.45) is 1.67. The molecule has 1 aliphatic rings. The van der Waals surface area contributed by atoms with Gasteiger partial charge in [-0.2, -0.15) is 0 Å². The van der Waals surface area contributed by atoms with Gasteiger partial charge in [0.1, 0.15) is 0 Å². The topological polar surface area (TPSA) is 88.4 Å². The van der Waals surface area contributed by atoms with Crippen LogP contribution in [0.4, 0.5) is 4.79 Å². The number of aryl methyl sites for hydroxylation is 1. The van der Waals surface area contributed by atoms with Crippen LogP contribution in [0.5, 0.6) is 0 Å². The van der Waals surface area contributed by atoms with Crippen molar-refractivity contribution < 1.29 is 19.5 Å². The number of hydrogen-bond acceptors (Lipinski definition) is 4.